The van der Waals surface area contributed by atoms with Crippen LogP contribution in [0.1, 0.15) is 33.7 Å². The van der Waals surface area contributed by atoms with E-state index in [-0.39, 0.29) is 5.91 Å². The highest BCUT2D eigenvalue weighted by Gasteiger charge is 2.36. The van der Waals surface area contributed by atoms with Gasteiger partial charge in [0.05, 0.1) is 22.7 Å². The van der Waals surface area contributed by atoms with Gasteiger partial charge in [0.25, 0.3) is 0 Å². The fourth-order valence-electron chi connectivity index (χ4n) is 4.70. The molecule has 2 heterocycles. The molecule has 5 aromatic rings. The fraction of sp³-hybridized carbons (Fsp3) is 0.133. The molecule has 0 saturated heterocycles. The van der Waals surface area contributed by atoms with Crippen molar-refractivity contribution in [3.8, 4) is 11.5 Å². The maximum Gasteiger partial charge on any atom is 0.241 e. The molecule has 1 aliphatic heterocycles. The van der Waals surface area contributed by atoms with Crippen LogP contribution in [0.3, 0.4) is 0 Å². The number of hydrogen-bond acceptors (Lipinski definition) is 4. The van der Waals surface area contributed by atoms with E-state index >= 15 is 0 Å². The normalized spacial score (nSPS) is 12.6. The Morgan fingerprint density at radius 3 is 2.09 bits per heavy atom. The van der Waals surface area contributed by atoms with E-state index < -0.39 is 5.92 Å². The van der Waals surface area contributed by atoms with Crippen LogP contribution >= 0.6 is 11.3 Å². The van der Waals surface area contributed by atoms with Gasteiger partial charge >= 0.3 is 0 Å². The number of anilines is 1. The van der Waals surface area contributed by atoms with Gasteiger partial charge in [-0.2, -0.15) is 0 Å². The molecule has 1 amide bonds. The molecule has 0 unspecified atom stereocenters. The van der Waals surface area contributed by atoms with E-state index in [4.69, 9.17) is 9.72 Å². The molecule has 4 aromatic carbocycles. The lowest BCUT2D eigenvalue weighted by Gasteiger charge is -2.31. The van der Waals surface area contributed by atoms with Crippen molar-refractivity contribution in [2.45, 2.75) is 26.3 Å². The Morgan fingerprint density at radius 2 is 1.43 bits per heavy atom. The molecule has 0 atom stereocenters. The van der Waals surface area contributed by atoms with Gasteiger partial charge in [-0.15, -0.1) is 0 Å². The predicted octanol–water partition coefficient (Wildman–Crippen LogP) is 7.38. The molecular formula is C30H24N2O2S. The monoisotopic (exact) mass is 476 g/mol. The van der Waals surface area contributed by atoms with E-state index in [0.717, 1.165) is 44.0 Å². The number of thiazole rings is 1. The molecule has 0 saturated carbocycles. The summed E-state index contributed by atoms with van der Waals surface area (Å²) in [5.74, 6) is 0.959. The lowest BCUT2D eigenvalue weighted by molar-refractivity contribution is -0.119. The van der Waals surface area contributed by atoms with E-state index in [9.17, 15) is 4.79 Å². The lowest BCUT2D eigenvalue weighted by Crippen LogP contribution is -2.36. The van der Waals surface area contributed by atoms with E-state index in [2.05, 4.69) is 38.1 Å². The molecule has 1 aromatic heterocycles. The van der Waals surface area contributed by atoms with Crippen LogP contribution in [0.5, 0.6) is 11.5 Å². The molecule has 0 radical (unpaired) electrons. The second-order valence-corrected chi connectivity index (χ2v) is 9.87. The number of para-hydroxylation sites is 2. The zero-order chi connectivity index (χ0) is 23.9. The van der Waals surface area contributed by atoms with Crippen molar-refractivity contribution < 1.29 is 9.53 Å². The third-order valence-corrected chi connectivity index (χ3v) is 7.75. The maximum atomic E-state index is 14.5. The number of aryl methyl sites for hydroxylation is 2. The van der Waals surface area contributed by atoms with Gasteiger partial charge in [0.2, 0.25) is 5.91 Å². The summed E-state index contributed by atoms with van der Waals surface area (Å²) in [6.45, 7) is 4.61. The topological polar surface area (TPSA) is 42.4 Å². The summed E-state index contributed by atoms with van der Waals surface area (Å²) in [5, 5.41) is 0.715. The minimum absolute atomic E-state index is 0.00795. The molecule has 4 nitrogen and oxygen atoms in total. The molecule has 0 N–H and O–H groups in total. The third kappa shape index (κ3) is 3.78. The Balaban J connectivity index is 1.52. The van der Waals surface area contributed by atoms with Gasteiger partial charge in [0.1, 0.15) is 11.5 Å². The van der Waals surface area contributed by atoms with E-state index in [1.54, 1.807) is 11.3 Å². The third-order valence-electron chi connectivity index (χ3n) is 6.54. The Hall–Kier alpha value is -3.96. The van der Waals surface area contributed by atoms with Gasteiger partial charge in [0, 0.05) is 11.1 Å². The van der Waals surface area contributed by atoms with E-state index in [1.165, 1.54) is 5.56 Å². The summed E-state index contributed by atoms with van der Waals surface area (Å²) in [5.41, 5.74) is 6.06. The molecule has 0 aliphatic carbocycles. The van der Waals surface area contributed by atoms with Crippen LogP contribution in [-0.4, -0.2) is 10.9 Å². The van der Waals surface area contributed by atoms with Crippen molar-refractivity contribution in [1.29, 1.82) is 0 Å². The zero-order valence-corrected chi connectivity index (χ0v) is 20.4. The summed E-state index contributed by atoms with van der Waals surface area (Å²) in [6, 6.07) is 29.9. The summed E-state index contributed by atoms with van der Waals surface area (Å²) in [7, 11) is 0. The fourth-order valence-corrected chi connectivity index (χ4v) is 5.82. The molecule has 5 heteroatoms. The van der Waals surface area contributed by atoms with Gasteiger partial charge in [-0.3, -0.25) is 9.69 Å². The highest BCUT2D eigenvalue weighted by Crippen LogP contribution is 2.46. The van der Waals surface area contributed by atoms with Gasteiger partial charge in [-0.25, -0.2) is 4.98 Å². The maximum absolute atomic E-state index is 14.5. The van der Waals surface area contributed by atoms with Gasteiger partial charge in [-0.1, -0.05) is 90.2 Å². The second kappa shape index (κ2) is 8.67. The molecule has 1 aliphatic rings. The van der Waals surface area contributed by atoms with Crippen LogP contribution in [0.4, 0.5) is 5.13 Å². The molecular weight excluding hydrogens is 452 g/mol. The minimum atomic E-state index is -0.478. The summed E-state index contributed by atoms with van der Waals surface area (Å²) in [4.78, 5) is 21.4. The number of hydrogen-bond donors (Lipinski definition) is 0. The number of carbonyl (C=O) groups excluding carboxylic acids is 1. The van der Waals surface area contributed by atoms with Crippen molar-refractivity contribution in [2.75, 3.05) is 4.90 Å². The second-order valence-electron chi connectivity index (χ2n) is 8.89. The number of benzene rings is 4. The minimum Gasteiger partial charge on any atom is -0.457 e. The Labute approximate surface area is 208 Å². The molecule has 172 valence electrons. The van der Waals surface area contributed by atoms with Gasteiger partial charge < -0.3 is 4.74 Å². The van der Waals surface area contributed by atoms with Crippen LogP contribution in [0.2, 0.25) is 0 Å². The van der Waals surface area contributed by atoms with Crippen LogP contribution in [0, 0.1) is 13.8 Å². The first-order chi connectivity index (χ1) is 17.1. The van der Waals surface area contributed by atoms with Crippen molar-refractivity contribution >= 4 is 32.6 Å². The van der Waals surface area contributed by atoms with E-state index in [1.807, 2.05) is 71.6 Å². The van der Waals surface area contributed by atoms with Crippen LogP contribution in [0.15, 0.2) is 91.0 Å². The van der Waals surface area contributed by atoms with Crippen molar-refractivity contribution in [1.82, 2.24) is 4.98 Å². The van der Waals surface area contributed by atoms with Crippen molar-refractivity contribution in [3.05, 3.63) is 119 Å². The molecule has 0 spiro atoms. The molecule has 6 rings (SSSR count). The summed E-state index contributed by atoms with van der Waals surface area (Å²) in [6.07, 6.45) is 0. The average Bonchev–Trinajstić information content (AvgIpc) is 3.35. The lowest BCUT2D eigenvalue weighted by atomic mass is 9.87. The Morgan fingerprint density at radius 1 is 0.829 bits per heavy atom. The van der Waals surface area contributed by atoms with Crippen LogP contribution in [0.25, 0.3) is 10.2 Å². The highest BCUT2D eigenvalue weighted by molar-refractivity contribution is 7.22. The SMILES string of the molecule is Cc1ccc(C)c2sc(N(Cc3ccccc3)C(=O)C3c4ccccc4Oc4ccccc43)nc12. The highest BCUT2D eigenvalue weighted by atomic mass is 32.1. The first-order valence-electron chi connectivity index (χ1n) is 11.7. The Kier molecular flexibility index (Phi) is 5.34. The Bertz CT molecular complexity index is 1470. The largest absolute Gasteiger partial charge is 0.457 e. The number of amides is 1. The number of nitrogens with zero attached hydrogens (tertiary/aromatic N) is 2. The quantitative estimate of drug-likeness (QED) is 0.272. The van der Waals surface area contributed by atoms with Crippen LogP contribution in [-0.2, 0) is 11.3 Å². The van der Waals surface area contributed by atoms with Crippen molar-refractivity contribution in [3.63, 3.8) is 0 Å². The number of rotatable bonds is 4. The molecule has 0 bridgehead atoms. The molecule has 0 fully saturated rings. The van der Waals surface area contributed by atoms with Gasteiger partial charge in [0.15, 0.2) is 5.13 Å². The van der Waals surface area contributed by atoms with Crippen molar-refractivity contribution in [2.24, 2.45) is 0 Å². The van der Waals surface area contributed by atoms with Gasteiger partial charge in [-0.05, 0) is 42.7 Å². The average molecular weight is 477 g/mol. The smallest absolute Gasteiger partial charge is 0.241 e. The molecule has 35 heavy (non-hydrogen) atoms. The van der Waals surface area contributed by atoms with E-state index in [0.29, 0.717) is 11.7 Å². The number of ether oxygens (including phenoxy) is 1. The first kappa shape index (κ1) is 21.6. The first-order valence-corrected chi connectivity index (χ1v) is 12.5. The standard InChI is InChI=1S/C30H24N2O2S/c1-19-16-17-20(2)28-27(19)31-30(35-28)32(18-21-10-4-3-5-11-21)29(33)26-22-12-6-8-14-24(22)34-25-15-9-7-13-23(25)26/h3-17,26H,18H2,1-2H3. The predicted molar refractivity (Wildman–Crippen MR) is 142 cm³/mol. The summed E-state index contributed by atoms with van der Waals surface area (Å²) >= 11 is 1.58. The van der Waals surface area contributed by atoms with Crippen LogP contribution < -0.4 is 9.64 Å². The number of carbonyl (C=O) groups is 1. The zero-order valence-electron chi connectivity index (χ0n) is 19.6. The number of fused-ring (bicyclic) bond motifs is 3. The number of aromatic nitrogens is 1. The summed E-state index contributed by atoms with van der Waals surface area (Å²) < 4.78 is 7.28.